The number of likely N-dealkylation sites (N-methyl/N-ethyl adjacent to an activating group) is 1. The van der Waals surface area contributed by atoms with E-state index in [2.05, 4.69) is 48.3 Å². The first kappa shape index (κ1) is 42.3. The minimum absolute atomic E-state index is 0.168. The molecule has 1 amide bonds. The maximum absolute atomic E-state index is 12.2. The number of benzene rings is 3. The fourth-order valence-corrected chi connectivity index (χ4v) is 4.96. The van der Waals surface area contributed by atoms with E-state index in [0.717, 1.165) is 52.9 Å². The van der Waals surface area contributed by atoms with Gasteiger partial charge in [-0.15, -0.1) is 0 Å². The van der Waals surface area contributed by atoms with E-state index in [4.69, 9.17) is 9.84 Å². The maximum Gasteiger partial charge on any atom is 0.322 e. The number of carboxylic acid groups (broad SMARTS) is 1. The molecule has 0 saturated heterocycles. The van der Waals surface area contributed by atoms with Gasteiger partial charge in [0.1, 0.15) is 18.6 Å². The van der Waals surface area contributed by atoms with Crippen LogP contribution in [0.15, 0.2) is 85.2 Å². The minimum atomic E-state index is -1.08. The third-order valence-corrected chi connectivity index (χ3v) is 8.00. The van der Waals surface area contributed by atoms with E-state index in [1.54, 1.807) is 7.05 Å². The first-order valence-corrected chi connectivity index (χ1v) is 17.9. The zero-order chi connectivity index (χ0) is 37.6. The van der Waals surface area contributed by atoms with Crippen molar-refractivity contribution in [2.45, 2.75) is 91.5 Å². The lowest BCUT2D eigenvalue weighted by molar-refractivity contribution is -0.138. The second-order valence-electron chi connectivity index (χ2n) is 12.9. The van der Waals surface area contributed by atoms with Crippen LogP contribution in [-0.2, 0) is 21.4 Å². The second-order valence-corrected chi connectivity index (χ2v) is 12.9. The molecule has 4 rings (SSSR count). The standard InChI is InChI=1S/C29H36N4O4.C11H14O.C2H6/c1-3-4-5-6-7-16-37-25-14-12-22(13-15-25)24-18-31-28(32-19-24)23-10-8-21(9-11-23)17-26(30-2)29(36)33-20-27(34)35;1-11(2,3)10-6-4-9(8-12)5-7-10;1-2/h8-15,18-19,26,30H,3-7,16-17,20H2,1-2H3,(H,33,36)(H,34,35);4-8H,1-3H3;1-2H3. The van der Waals surface area contributed by atoms with Gasteiger partial charge in [-0.3, -0.25) is 14.4 Å². The number of amides is 1. The lowest BCUT2D eigenvalue weighted by Crippen LogP contribution is -2.45. The van der Waals surface area contributed by atoms with E-state index in [-0.39, 0.29) is 11.3 Å². The number of aliphatic carboxylic acids is 1. The van der Waals surface area contributed by atoms with Crippen LogP contribution >= 0.6 is 0 Å². The Morgan fingerprint density at radius 1 is 0.824 bits per heavy atom. The Morgan fingerprint density at radius 3 is 1.94 bits per heavy atom. The van der Waals surface area contributed by atoms with Crippen LogP contribution in [0.2, 0.25) is 0 Å². The van der Waals surface area contributed by atoms with Gasteiger partial charge in [0.15, 0.2) is 5.82 Å². The summed E-state index contributed by atoms with van der Waals surface area (Å²) >= 11 is 0. The molecule has 1 heterocycles. The number of carboxylic acids is 1. The van der Waals surface area contributed by atoms with Gasteiger partial charge < -0.3 is 20.5 Å². The van der Waals surface area contributed by atoms with Crippen LogP contribution in [0, 0.1) is 0 Å². The van der Waals surface area contributed by atoms with Crippen molar-refractivity contribution >= 4 is 18.2 Å². The van der Waals surface area contributed by atoms with E-state index in [0.29, 0.717) is 12.2 Å². The average Bonchev–Trinajstić information content (AvgIpc) is 3.15. The molecule has 0 aliphatic heterocycles. The molecular weight excluding hydrogens is 640 g/mol. The van der Waals surface area contributed by atoms with Gasteiger partial charge in [-0.1, -0.05) is 128 Å². The van der Waals surface area contributed by atoms with Crippen molar-refractivity contribution in [3.63, 3.8) is 0 Å². The molecule has 0 radical (unpaired) electrons. The van der Waals surface area contributed by atoms with Gasteiger partial charge in [0.2, 0.25) is 5.91 Å². The molecule has 0 spiro atoms. The number of hydrogen-bond donors (Lipinski definition) is 3. The maximum atomic E-state index is 12.2. The molecule has 0 aliphatic carbocycles. The molecule has 3 aromatic carbocycles. The number of aldehydes is 1. The monoisotopic (exact) mass is 696 g/mol. The Balaban J connectivity index is 0.000000540. The SMILES string of the molecule is CC.CC(C)(C)c1ccc(C=O)cc1.CCCCCCCOc1ccc(-c2cnc(-c3ccc(CC(NC)C(=O)NCC(=O)O)cc3)nc2)cc1. The third kappa shape index (κ3) is 15.3. The first-order valence-electron chi connectivity index (χ1n) is 17.9. The van der Waals surface area contributed by atoms with Crippen molar-refractivity contribution in [1.82, 2.24) is 20.6 Å². The molecule has 1 aromatic heterocycles. The van der Waals surface area contributed by atoms with Crippen LogP contribution in [-0.4, -0.2) is 59.5 Å². The number of carbonyl (C=O) groups is 3. The van der Waals surface area contributed by atoms with Crippen LogP contribution in [0.5, 0.6) is 5.75 Å². The van der Waals surface area contributed by atoms with Gasteiger partial charge >= 0.3 is 5.97 Å². The van der Waals surface area contributed by atoms with Gasteiger partial charge in [-0.25, -0.2) is 9.97 Å². The topological polar surface area (TPSA) is 131 Å². The highest BCUT2D eigenvalue weighted by molar-refractivity contribution is 5.85. The Morgan fingerprint density at radius 2 is 1.41 bits per heavy atom. The summed E-state index contributed by atoms with van der Waals surface area (Å²) in [6.45, 7) is 13.0. The van der Waals surface area contributed by atoms with Crippen LogP contribution < -0.4 is 15.4 Å². The molecule has 1 atom stereocenters. The first-order chi connectivity index (χ1) is 24.5. The van der Waals surface area contributed by atoms with Crippen molar-refractivity contribution in [2.75, 3.05) is 20.2 Å². The number of carbonyl (C=O) groups excluding carboxylic acids is 2. The average molecular weight is 697 g/mol. The molecule has 0 bridgehead atoms. The van der Waals surface area contributed by atoms with Gasteiger partial charge in [-0.2, -0.15) is 0 Å². The Hall–Kier alpha value is -4.89. The summed E-state index contributed by atoms with van der Waals surface area (Å²) in [6.07, 6.45) is 11.0. The lowest BCUT2D eigenvalue weighted by atomic mass is 9.87. The van der Waals surface area contributed by atoms with E-state index in [1.807, 2.05) is 99.0 Å². The van der Waals surface area contributed by atoms with E-state index in [9.17, 15) is 14.4 Å². The van der Waals surface area contributed by atoms with Gasteiger partial charge in [0.05, 0.1) is 12.6 Å². The number of unbranched alkanes of at least 4 members (excludes halogenated alkanes) is 4. The van der Waals surface area contributed by atoms with E-state index < -0.39 is 18.6 Å². The van der Waals surface area contributed by atoms with Crippen LogP contribution in [0.25, 0.3) is 22.5 Å². The molecule has 9 heteroatoms. The molecule has 274 valence electrons. The molecule has 9 nitrogen and oxygen atoms in total. The van der Waals surface area contributed by atoms with Gasteiger partial charge in [-0.05, 0) is 54.1 Å². The predicted molar refractivity (Wildman–Crippen MR) is 206 cm³/mol. The van der Waals surface area contributed by atoms with Crippen molar-refractivity contribution in [1.29, 1.82) is 0 Å². The summed E-state index contributed by atoms with van der Waals surface area (Å²) in [5.74, 6) is 0.0578. The largest absolute Gasteiger partial charge is 0.494 e. The summed E-state index contributed by atoms with van der Waals surface area (Å²) in [6, 6.07) is 22.9. The second kappa shape index (κ2) is 22.8. The summed E-state index contributed by atoms with van der Waals surface area (Å²) in [7, 11) is 1.67. The van der Waals surface area contributed by atoms with Gasteiger partial charge in [0.25, 0.3) is 0 Å². The zero-order valence-corrected chi connectivity index (χ0v) is 31.4. The Labute approximate surface area is 304 Å². The molecule has 0 fully saturated rings. The number of rotatable bonds is 16. The zero-order valence-electron chi connectivity index (χ0n) is 31.4. The highest BCUT2D eigenvalue weighted by Gasteiger charge is 2.18. The fraction of sp³-hybridized carbons (Fsp3) is 0.405. The Kier molecular flexibility index (Phi) is 18.9. The molecule has 1 unspecified atom stereocenters. The molecule has 4 aromatic rings. The van der Waals surface area contributed by atoms with Crippen LogP contribution in [0.4, 0.5) is 0 Å². The molecular formula is C42H56N4O5. The van der Waals surface area contributed by atoms with Crippen LogP contribution in [0.3, 0.4) is 0 Å². The van der Waals surface area contributed by atoms with E-state index >= 15 is 0 Å². The van der Waals surface area contributed by atoms with Crippen LogP contribution in [0.1, 0.15) is 95.1 Å². The summed E-state index contributed by atoms with van der Waals surface area (Å²) in [5.41, 5.74) is 5.92. The number of aromatic nitrogens is 2. The van der Waals surface area contributed by atoms with Gasteiger partial charge in [0, 0.05) is 29.1 Å². The number of ether oxygens (including phenoxy) is 1. The highest BCUT2D eigenvalue weighted by Crippen LogP contribution is 2.24. The van der Waals surface area contributed by atoms with Crippen molar-refractivity contribution < 1.29 is 24.2 Å². The number of hydrogen-bond acceptors (Lipinski definition) is 7. The molecule has 0 aliphatic rings. The quantitative estimate of drug-likeness (QED) is 0.0788. The summed E-state index contributed by atoms with van der Waals surface area (Å²) in [4.78, 5) is 42.3. The molecule has 51 heavy (non-hydrogen) atoms. The van der Waals surface area contributed by atoms with Crippen molar-refractivity contribution in [3.05, 3.63) is 102 Å². The molecule has 3 N–H and O–H groups in total. The summed E-state index contributed by atoms with van der Waals surface area (Å²) < 4.78 is 5.85. The lowest BCUT2D eigenvalue weighted by Gasteiger charge is -2.18. The molecule has 0 saturated carbocycles. The predicted octanol–water partition coefficient (Wildman–Crippen LogP) is 8.31. The smallest absolute Gasteiger partial charge is 0.322 e. The van der Waals surface area contributed by atoms with Crippen molar-refractivity contribution in [3.8, 4) is 28.3 Å². The third-order valence-electron chi connectivity index (χ3n) is 8.00. The van der Waals surface area contributed by atoms with E-state index in [1.165, 1.54) is 31.2 Å². The van der Waals surface area contributed by atoms with Crippen molar-refractivity contribution in [2.24, 2.45) is 0 Å². The fourth-order valence-electron chi connectivity index (χ4n) is 4.96. The Bertz CT molecular complexity index is 1580. The number of nitrogens with zero attached hydrogens (tertiary/aromatic N) is 2. The normalized spacial score (nSPS) is 11.2. The summed E-state index contributed by atoms with van der Waals surface area (Å²) in [5, 5.41) is 14.1. The number of nitrogens with one attached hydrogen (secondary N) is 2. The minimum Gasteiger partial charge on any atom is -0.494 e. The highest BCUT2D eigenvalue weighted by atomic mass is 16.5.